The van der Waals surface area contributed by atoms with E-state index in [9.17, 15) is 9.90 Å². The number of nitrogens with zero attached hydrogens (tertiary/aromatic N) is 1. The lowest BCUT2D eigenvalue weighted by molar-refractivity contribution is -0.137. The van der Waals surface area contributed by atoms with Gasteiger partial charge in [0.1, 0.15) is 17.2 Å². The first-order valence-corrected chi connectivity index (χ1v) is 7.47. The van der Waals surface area contributed by atoms with Crippen molar-refractivity contribution in [2.45, 2.75) is 12.1 Å². The highest BCUT2D eigenvalue weighted by atomic mass is 16.5. The Bertz CT molecular complexity index is 721. The second-order valence-electron chi connectivity index (χ2n) is 5.44. The summed E-state index contributed by atoms with van der Waals surface area (Å²) in [5.41, 5.74) is 1.44. The average molecular weight is 329 g/mol. The Morgan fingerprint density at radius 3 is 1.92 bits per heavy atom. The molecule has 2 aromatic rings. The third kappa shape index (κ3) is 2.65. The van der Waals surface area contributed by atoms with Crippen molar-refractivity contribution >= 4 is 11.6 Å². The van der Waals surface area contributed by atoms with Crippen LogP contribution >= 0.6 is 0 Å². The van der Waals surface area contributed by atoms with Crippen molar-refractivity contribution in [3.05, 3.63) is 48.0 Å². The Morgan fingerprint density at radius 1 is 0.875 bits per heavy atom. The predicted octanol–water partition coefficient (Wildman–Crippen LogP) is 2.16. The molecule has 1 aliphatic heterocycles. The molecule has 0 radical (unpaired) electrons. The maximum Gasteiger partial charge on any atom is 0.259 e. The van der Waals surface area contributed by atoms with E-state index in [2.05, 4.69) is 0 Å². The number of aliphatic hydroxyl groups excluding tert-OH is 1. The van der Waals surface area contributed by atoms with Gasteiger partial charge < -0.3 is 19.3 Å². The number of aliphatic hydroxyl groups is 1. The van der Waals surface area contributed by atoms with E-state index in [1.807, 2.05) is 12.1 Å². The highest BCUT2D eigenvalue weighted by Gasteiger charge is 2.48. The van der Waals surface area contributed by atoms with Crippen LogP contribution in [0.4, 0.5) is 5.69 Å². The van der Waals surface area contributed by atoms with Gasteiger partial charge in [-0.05, 0) is 17.7 Å². The molecule has 6 nitrogen and oxygen atoms in total. The Labute approximate surface area is 140 Å². The molecule has 2 aromatic carbocycles. The predicted molar refractivity (Wildman–Crippen MR) is 88.8 cm³/mol. The van der Waals surface area contributed by atoms with E-state index in [-0.39, 0.29) is 5.91 Å². The Hall–Kier alpha value is -2.73. The van der Waals surface area contributed by atoms with Gasteiger partial charge in [-0.1, -0.05) is 12.1 Å². The molecule has 2 atom stereocenters. The van der Waals surface area contributed by atoms with Crippen LogP contribution in [0.3, 0.4) is 0 Å². The maximum absolute atomic E-state index is 12.2. The van der Waals surface area contributed by atoms with E-state index >= 15 is 0 Å². The number of benzene rings is 2. The Kier molecular flexibility index (Phi) is 4.31. The normalized spacial score (nSPS) is 19.7. The van der Waals surface area contributed by atoms with Gasteiger partial charge in [-0.25, -0.2) is 0 Å². The second kappa shape index (κ2) is 6.41. The minimum Gasteiger partial charge on any atom is -0.497 e. The van der Waals surface area contributed by atoms with Crippen LogP contribution in [0, 0.1) is 0 Å². The first-order chi connectivity index (χ1) is 11.6. The van der Waals surface area contributed by atoms with Gasteiger partial charge in [0.2, 0.25) is 0 Å². The lowest BCUT2D eigenvalue weighted by atomic mass is 9.90. The molecule has 1 amide bonds. The Balaban J connectivity index is 1.97. The zero-order valence-corrected chi connectivity index (χ0v) is 13.7. The van der Waals surface area contributed by atoms with Crippen LogP contribution in [0.2, 0.25) is 0 Å². The topological polar surface area (TPSA) is 68.2 Å². The quantitative estimate of drug-likeness (QED) is 0.852. The van der Waals surface area contributed by atoms with Crippen molar-refractivity contribution in [1.29, 1.82) is 0 Å². The van der Waals surface area contributed by atoms with E-state index in [1.165, 1.54) is 4.90 Å². The molecule has 0 saturated carbocycles. The molecule has 24 heavy (non-hydrogen) atoms. The molecule has 6 heteroatoms. The summed E-state index contributed by atoms with van der Waals surface area (Å²) < 4.78 is 15.6. The van der Waals surface area contributed by atoms with Crippen molar-refractivity contribution in [1.82, 2.24) is 0 Å². The minimum atomic E-state index is -1.07. The number of methoxy groups -OCH3 is 3. The molecule has 3 rings (SSSR count). The van der Waals surface area contributed by atoms with Gasteiger partial charge in [-0.3, -0.25) is 9.69 Å². The minimum absolute atomic E-state index is 0.355. The number of ether oxygens (including phenoxy) is 3. The summed E-state index contributed by atoms with van der Waals surface area (Å²) in [4.78, 5) is 13.8. The van der Waals surface area contributed by atoms with Crippen LogP contribution in [-0.2, 0) is 4.79 Å². The summed E-state index contributed by atoms with van der Waals surface area (Å²) in [6.07, 6.45) is -1.07. The molecule has 0 spiro atoms. The largest absolute Gasteiger partial charge is 0.497 e. The summed E-state index contributed by atoms with van der Waals surface area (Å²) in [5.74, 6) is 1.51. The fourth-order valence-electron chi connectivity index (χ4n) is 2.83. The van der Waals surface area contributed by atoms with E-state index in [0.717, 1.165) is 5.56 Å². The van der Waals surface area contributed by atoms with E-state index < -0.39 is 12.1 Å². The number of carbonyl (C=O) groups is 1. The zero-order valence-electron chi connectivity index (χ0n) is 13.7. The number of hydrogen-bond donors (Lipinski definition) is 1. The van der Waals surface area contributed by atoms with E-state index in [4.69, 9.17) is 14.2 Å². The number of anilines is 1. The average Bonchev–Trinajstić information content (AvgIpc) is 2.64. The second-order valence-corrected chi connectivity index (χ2v) is 5.44. The van der Waals surface area contributed by atoms with E-state index in [0.29, 0.717) is 22.9 Å². The zero-order chi connectivity index (χ0) is 17.3. The summed E-state index contributed by atoms with van der Waals surface area (Å²) >= 11 is 0. The van der Waals surface area contributed by atoms with Gasteiger partial charge in [0.05, 0.1) is 33.1 Å². The van der Waals surface area contributed by atoms with E-state index in [1.54, 1.807) is 51.7 Å². The molecule has 1 saturated heterocycles. The highest BCUT2D eigenvalue weighted by molar-refractivity contribution is 6.05. The molecule has 1 aliphatic rings. The Morgan fingerprint density at radius 2 is 1.42 bits per heavy atom. The maximum atomic E-state index is 12.2. The van der Waals surface area contributed by atoms with Crippen LogP contribution in [0.1, 0.15) is 11.6 Å². The summed E-state index contributed by atoms with van der Waals surface area (Å²) in [7, 11) is 4.68. The standard InChI is InChI=1S/C18H19NO5/c1-22-13-6-4-11(5-7-13)16-17(20)18(21)19(16)12-8-14(23-2)10-15(9-12)24-3/h4-10,16-17,20H,1-3H3/t16-,17-/m0/s1. The number of carbonyl (C=O) groups excluding carboxylic acids is 1. The fraction of sp³-hybridized carbons (Fsp3) is 0.278. The summed E-state index contributed by atoms with van der Waals surface area (Å²) in [6.45, 7) is 0. The molecule has 1 fully saturated rings. The number of amides is 1. The third-order valence-corrected chi connectivity index (χ3v) is 4.14. The van der Waals surface area contributed by atoms with Crippen molar-refractivity contribution in [3.63, 3.8) is 0 Å². The van der Waals surface area contributed by atoms with Crippen molar-refractivity contribution in [3.8, 4) is 17.2 Å². The number of hydrogen-bond acceptors (Lipinski definition) is 5. The third-order valence-electron chi connectivity index (χ3n) is 4.14. The number of rotatable bonds is 5. The van der Waals surface area contributed by atoms with Crippen LogP contribution in [0.25, 0.3) is 0 Å². The SMILES string of the molecule is COc1ccc([C@H]2[C@H](O)C(=O)N2c2cc(OC)cc(OC)c2)cc1. The van der Waals surface area contributed by atoms with Crippen LogP contribution < -0.4 is 19.1 Å². The first-order valence-electron chi connectivity index (χ1n) is 7.47. The lowest BCUT2D eigenvalue weighted by Crippen LogP contribution is -2.59. The van der Waals surface area contributed by atoms with Crippen LogP contribution in [-0.4, -0.2) is 38.4 Å². The highest BCUT2D eigenvalue weighted by Crippen LogP contribution is 2.42. The summed E-state index contributed by atoms with van der Waals surface area (Å²) in [5, 5.41) is 10.2. The van der Waals surface area contributed by atoms with Gasteiger partial charge >= 0.3 is 0 Å². The van der Waals surface area contributed by atoms with Gasteiger partial charge in [0.25, 0.3) is 5.91 Å². The monoisotopic (exact) mass is 329 g/mol. The van der Waals surface area contributed by atoms with Gasteiger partial charge in [-0.15, -0.1) is 0 Å². The lowest BCUT2D eigenvalue weighted by Gasteiger charge is -2.44. The molecule has 0 aromatic heterocycles. The molecule has 1 heterocycles. The van der Waals surface area contributed by atoms with Gasteiger partial charge in [0.15, 0.2) is 6.10 Å². The van der Waals surface area contributed by atoms with Crippen molar-refractivity contribution < 1.29 is 24.1 Å². The smallest absolute Gasteiger partial charge is 0.259 e. The van der Waals surface area contributed by atoms with Crippen LogP contribution in [0.5, 0.6) is 17.2 Å². The molecule has 0 bridgehead atoms. The molecule has 1 N–H and O–H groups in total. The van der Waals surface area contributed by atoms with Crippen LogP contribution in [0.15, 0.2) is 42.5 Å². The molecular weight excluding hydrogens is 310 g/mol. The molecule has 0 aliphatic carbocycles. The molecule has 0 unspecified atom stereocenters. The van der Waals surface area contributed by atoms with Gasteiger partial charge in [0, 0.05) is 18.2 Å². The molecule has 126 valence electrons. The van der Waals surface area contributed by atoms with Crippen molar-refractivity contribution in [2.24, 2.45) is 0 Å². The fourth-order valence-corrected chi connectivity index (χ4v) is 2.83. The number of β-lactam (4-membered cyclic amide) rings is 1. The molecular formula is C18H19NO5. The summed E-state index contributed by atoms with van der Waals surface area (Å²) in [6, 6.07) is 12.0. The first kappa shape index (κ1) is 16.1. The van der Waals surface area contributed by atoms with Gasteiger partial charge in [-0.2, -0.15) is 0 Å². The van der Waals surface area contributed by atoms with Crippen molar-refractivity contribution in [2.75, 3.05) is 26.2 Å².